The fourth-order valence-electron chi connectivity index (χ4n) is 2.44. The van der Waals surface area contributed by atoms with Gasteiger partial charge in [0, 0.05) is 24.1 Å². The van der Waals surface area contributed by atoms with E-state index in [0.29, 0.717) is 36.4 Å². The lowest BCUT2D eigenvalue weighted by molar-refractivity contribution is -0.137. The minimum atomic E-state index is -4.38. The van der Waals surface area contributed by atoms with Gasteiger partial charge in [0.2, 0.25) is 0 Å². The molecule has 0 saturated heterocycles. The van der Waals surface area contributed by atoms with Crippen molar-refractivity contribution >= 4 is 21.6 Å². The Kier molecular flexibility index (Phi) is 3.64. The van der Waals surface area contributed by atoms with Crippen LogP contribution in [0.15, 0.2) is 24.5 Å². The second-order valence-electron chi connectivity index (χ2n) is 4.85. The van der Waals surface area contributed by atoms with E-state index in [4.69, 9.17) is 0 Å². The second kappa shape index (κ2) is 5.32. The summed E-state index contributed by atoms with van der Waals surface area (Å²) < 4.78 is 41.7. The van der Waals surface area contributed by atoms with Crippen molar-refractivity contribution < 1.29 is 13.2 Å². The van der Waals surface area contributed by atoms with E-state index >= 15 is 0 Å². The van der Waals surface area contributed by atoms with Crippen molar-refractivity contribution in [3.05, 3.63) is 41.5 Å². The summed E-state index contributed by atoms with van der Waals surface area (Å²) in [6.45, 7) is 1.42. The average Bonchev–Trinajstić information content (AvgIpc) is 2.93. The summed E-state index contributed by atoms with van der Waals surface area (Å²) in [7, 11) is 0. The fraction of sp³-hybridized carbons (Fsp3) is 0.385. The van der Waals surface area contributed by atoms with Gasteiger partial charge in [0.15, 0.2) is 5.82 Å². The van der Waals surface area contributed by atoms with Crippen molar-refractivity contribution in [1.82, 2.24) is 14.8 Å². The lowest BCUT2D eigenvalue weighted by Crippen LogP contribution is -2.35. The van der Waals surface area contributed by atoms with Crippen LogP contribution < -0.4 is 4.90 Å². The fourth-order valence-corrected chi connectivity index (χ4v) is 2.79. The molecule has 0 aliphatic carbocycles. The summed E-state index contributed by atoms with van der Waals surface area (Å²) in [6.07, 6.45) is -2.77. The Morgan fingerprint density at radius 2 is 2.05 bits per heavy atom. The largest absolute Gasteiger partial charge is 0.418 e. The van der Waals surface area contributed by atoms with Gasteiger partial charge in [-0.05, 0) is 17.7 Å². The number of fused-ring (bicyclic) bond motifs is 1. The van der Waals surface area contributed by atoms with Crippen LogP contribution in [0.25, 0.3) is 0 Å². The minimum absolute atomic E-state index is 0.196. The molecule has 0 spiro atoms. The highest BCUT2D eigenvalue weighted by Gasteiger charge is 2.35. The van der Waals surface area contributed by atoms with Crippen LogP contribution in [0.2, 0.25) is 0 Å². The first kappa shape index (κ1) is 14.4. The van der Waals surface area contributed by atoms with Crippen molar-refractivity contribution in [2.24, 2.45) is 0 Å². The Morgan fingerprint density at radius 3 is 2.76 bits per heavy atom. The molecule has 112 valence electrons. The van der Waals surface area contributed by atoms with Crippen LogP contribution in [-0.4, -0.2) is 21.3 Å². The summed E-state index contributed by atoms with van der Waals surface area (Å²) in [5.41, 5.74) is 0.195. The third-order valence-electron chi connectivity index (χ3n) is 3.50. The maximum Gasteiger partial charge on any atom is 0.418 e. The zero-order valence-electron chi connectivity index (χ0n) is 10.9. The van der Waals surface area contributed by atoms with Crippen LogP contribution in [0.1, 0.15) is 17.0 Å². The lowest BCUT2D eigenvalue weighted by atomic mass is 10.1. The van der Waals surface area contributed by atoms with Crippen LogP contribution in [0.4, 0.5) is 18.9 Å². The summed E-state index contributed by atoms with van der Waals surface area (Å²) in [4.78, 5) is 1.70. The number of rotatable bonds is 2. The van der Waals surface area contributed by atoms with Gasteiger partial charge < -0.3 is 9.47 Å². The predicted octanol–water partition coefficient (Wildman–Crippen LogP) is 3.21. The molecule has 0 fully saturated rings. The van der Waals surface area contributed by atoms with E-state index in [1.165, 1.54) is 12.1 Å². The molecule has 0 bridgehead atoms. The number of nitrogens with zero attached hydrogens (tertiary/aromatic N) is 4. The van der Waals surface area contributed by atoms with Crippen molar-refractivity contribution in [3.8, 4) is 0 Å². The molecule has 0 radical (unpaired) electrons. The van der Waals surface area contributed by atoms with Gasteiger partial charge in [-0.3, -0.25) is 0 Å². The van der Waals surface area contributed by atoms with Gasteiger partial charge in [0.05, 0.1) is 12.1 Å². The molecule has 0 atom stereocenters. The third kappa shape index (κ3) is 2.76. The topological polar surface area (TPSA) is 34.0 Å². The molecule has 0 unspecified atom stereocenters. The van der Waals surface area contributed by atoms with E-state index in [2.05, 4.69) is 26.1 Å². The molecule has 1 aliphatic rings. The van der Waals surface area contributed by atoms with Gasteiger partial charge >= 0.3 is 6.18 Å². The van der Waals surface area contributed by atoms with Crippen molar-refractivity contribution in [2.75, 3.05) is 11.4 Å². The first-order valence-corrected chi connectivity index (χ1v) is 7.49. The van der Waals surface area contributed by atoms with Crippen LogP contribution in [0.3, 0.4) is 0 Å². The molecular formula is C13H12BrF3N4. The Bertz CT molecular complexity index is 653. The Balaban J connectivity index is 1.99. The molecule has 2 heterocycles. The number of anilines is 1. The molecule has 1 aromatic carbocycles. The maximum atomic E-state index is 13.3. The Hall–Kier alpha value is -1.57. The van der Waals surface area contributed by atoms with Gasteiger partial charge in [-0.2, -0.15) is 13.2 Å². The highest BCUT2D eigenvalue weighted by Crippen LogP contribution is 2.38. The zero-order valence-corrected chi connectivity index (χ0v) is 12.5. The highest BCUT2D eigenvalue weighted by molar-refractivity contribution is 9.08. The van der Waals surface area contributed by atoms with E-state index in [0.717, 1.165) is 0 Å². The molecule has 1 aliphatic heterocycles. The monoisotopic (exact) mass is 360 g/mol. The molecule has 8 heteroatoms. The van der Waals surface area contributed by atoms with Crippen molar-refractivity contribution in [1.29, 1.82) is 0 Å². The summed E-state index contributed by atoms with van der Waals surface area (Å²) in [5.74, 6) is 0.680. The molecule has 0 amide bonds. The van der Waals surface area contributed by atoms with Crippen molar-refractivity contribution in [3.63, 3.8) is 0 Å². The molecule has 0 N–H and O–H groups in total. The zero-order chi connectivity index (χ0) is 15.0. The number of hydrogen-bond donors (Lipinski definition) is 0. The normalized spacial score (nSPS) is 15.1. The summed E-state index contributed by atoms with van der Waals surface area (Å²) >= 11 is 3.19. The minimum Gasteiger partial charge on any atom is -0.362 e. The SMILES string of the molecule is FC(F)(F)c1cc(CBr)ccc1N1CCn2cnnc2C1. The maximum absolute atomic E-state index is 13.3. The quantitative estimate of drug-likeness (QED) is 0.771. The van der Waals surface area contributed by atoms with Crippen LogP contribution in [0.5, 0.6) is 0 Å². The number of alkyl halides is 4. The average molecular weight is 361 g/mol. The van der Waals surface area contributed by atoms with Gasteiger partial charge in [-0.15, -0.1) is 10.2 Å². The van der Waals surface area contributed by atoms with Crippen LogP contribution in [0, 0.1) is 0 Å². The highest BCUT2D eigenvalue weighted by atomic mass is 79.9. The smallest absolute Gasteiger partial charge is 0.362 e. The molecule has 0 saturated carbocycles. The Labute approximate surface area is 127 Å². The molecular weight excluding hydrogens is 349 g/mol. The first-order valence-electron chi connectivity index (χ1n) is 6.37. The van der Waals surface area contributed by atoms with E-state index < -0.39 is 11.7 Å². The molecule has 21 heavy (non-hydrogen) atoms. The summed E-state index contributed by atoms with van der Waals surface area (Å²) in [5, 5.41) is 8.12. The second-order valence-corrected chi connectivity index (χ2v) is 5.41. The molecule has 4 nitrogen and oxygen atoms in total. The lowest BCUT2D eigenvalue weighted by Gasteiger charge is -2.31. The standard InChI is InChI=1S/C13H12BrF3N4/c14-6-9-1-2-11(10(5-9)13(15,16)17)20-3-4-21-8-18-19-12(21)7-20/h1-2,5,8H,3-4,6-7H2. The molecule has 2 aromatic rings. The van der Waals surface area contributed by atoms with Crippen molar-refractivity contribution in [2.45, 2.75) is 24.6 Å². The van der Waals surface area contributed by atoms with Gasteiger partial charge in [0.25, 0.3) is 0 Å². The van der Waals surface area contributed by atoms with Gasteiger partial charge in [-0.25, -0.2) is 0 Å². The van der Waals surface area contributed by atoms with E-state index in [1.807, 2.05) is 4.57 Å². The van der Waals surface area contributed by atoms with E-state index in [9.17, 15) is 13.2 Å². The first-order chi connectivity index (χ1) is 9.99. The Morgan fingerprint density at radius 1 is 1.24 bits per heavy atom. The van der Waals surface area contributed by atoms with Crippen LogP contribution in [-0.2, 0) is 24.6 Å². The number of halogens is 4. The van der Waals surface area contributed by atoms with E-state index in [1.54, 1.807) is 17.3 Å². The van der Waals surface area contributed by atoms with Gasteiger partial charge in [-0.1, -0.05) is 22.0 Å². The van der Waals surface area contributed by atoms with Crippen LogP contribution >= 0.6 is 15.9 Å². The van der Waals surface area contributed by atoms with Gasteiger partial charge in [0.1, 0.15) is 6.33 Å². The number of hydrogen-bond acceptors (Lipinski definition) is 3. The predicted molar refractivity (Wildman–Crippen MR) is 75.1 cm³/mol. The third-order valence-corrected chi connectivity index (χ3v) is 4.15. The molecule has 1 aromatic heterocycles. The number of aromatic nitrogens is 3. The summed E-state index contributed by atoms with van der Waals surface area (Å²) in [6, 6.07) is 4.44. The molecule has 3 rings (SSSR count). The van der Waals surface area contributed by atoms with E-state index in [-0.39, 0.29) is 5.69 Å². The number of benzene rings is 1.